The monoisotopic (exact) mass is 280 g/mol. The molecule has 0 unspecified atom stereocenters. The summed E-state index contributed by atoms with van der Waals surface area (Å²) >= 11 is 1.72. The number of piperidine rings is 1. The molecule has 1 saturated heterocycles. The molecule has 1 aromatic rings. The standard InChI is InChI=1S/C15H24N2OS/c1-11-9-14(12(2)19-11)15(18)10-17-7-5-13(6-8-17)16(3)4/h9,13H,5-8,10H2,1-4H3. The van der Waals surface area contributed by atoms with Crippen LogP contribution >= 0.6 is 11.3 Å². The van der Waals surface area contributed by atoms with Gasteiger partial charge in [0, 0.05) is 34.4 Å². The van der Waals surface area contributed by atoms with Gasteiger partial charge in [-0.25, -0.2) is 0 Å². The van der Waals surface area contributed by atoms with E-state index in [4.69, 9.17) is 0 Å². The average Bonchev–Trinajstić information content (AvgIpc) is 2.69. The molecule has 0 amide bonds. The van der Waals surface area contributed by atoms with Crippen LogP contribution in [0.3, 0.4) is 0 Å². The summed E-state index contributed by atoms with van der Waals surface area (Å²) in [6, 6.07) is 2.71. The minimum absolute atomic E-state index is 0.283. The van der Waals surface area contributed by atoms with Crippen LogP contribution in [0.1, 0.15) is 33.0 Å². The first-order valence-corrected chi connectivity index (χ1v) is 7.78. The summed E-state index contributed by atoms with van der Waals surface area (Å²) < 4.78 is 0. The molecule has 106 valence electrons. The van der Waals surface area contributed by atoms with E-state index in [1.54, 1.807) is 11.3 Å². The summed E-state index contributed by atoms with van der Waals surface area (Å²) in [5, 5.41) is 0. The number of ketones is 1. The average molecular weight is 280 g/mol. The van der Waals surface area contributed by atoms with Gasteiger partial charge in [0.05, 0.1) is 6.54 Å². The zero-order chi connectivity index (χ0) is 14.0. The third-order valence-electron chi connectivity index (χ3n) is 4.00. The van der Waals surface area contributed by atoms with Crippen molar-refractivity contribution in [2.75, 3.05) is 33.7 Å². The minimum Gasteiger partial charge on any atom is -0.306 e. The van der Waals surface area contributed by atoms with E-state index in [-0.39, 0.29) is 5.78 Å². The lowest BCUT2D eigenvalue weighted by molar-refractivity contribution is 0.0874. The SMILES string of the molecule is Cc1cc(C(=O)CN2CCC(N(C)C)CC2)c(C)s1. The molecule has 0 bridgehead atoms. The molecule has 4 heteroatoms. The van der Waals surface area contributed by atoms with E-state index in [1.165, 1.54) is 17.7 Å². The van der Waals surface area contributed by atoms with E-state index in [9.17, 15) is 4.79 Å². The van der Waals surface area contributed by atoms with E-state index in [2.05, 4.69) is 30.8 Å². The lowest BCUT2D eigenvalue weighted by atomic mass is 10.0. The highest BCUT2D eigenvalue weighted by molar-refractivity contribution is 7.12. The van der Waals surface area contributed by atoms with Crippen molar-refractivity contribution < 1.29 is 4.79 Å². The maximum atomic E-state index is 12.3. The van der Waals surface area contributed by atoms with Gasteiger partial charge in [-0.3, -0.25) is 9.69 Å². The van der Waals surface area contributed by atoms with Gasteiger partial charge in [0.1, 0.15) is 0 Å². The Labute approximate surface area is 120 Å². The largest absolute Gasteiger partial charge is 0.306 e. The molecule has 3 nitrogen and oxygen atoms in total. The van der Waals surface area contributed by atoms with Gasteiger partial charge in [-0.05, 0) is 46.9 Å². The zero-order valence-electron chi connectivity index (χ0n) is 12.4. The third kappa shape index (κ3) is 3.65. The number of thiophene rings is 1. The number of carbonyl (C=O) groups is 1. The van der Waals surface area contributed by atoms with E-state index in [1.807, 2.05) is 13.0 Å². The molecule has 1 aliphatic heterocycles. The minimum atomic E-state index is 0.283. The Kier molecular flexibility index (Phi) is 4.76. The van der Waals surface area contributed by atoms with Crippen molar-refractivity contribution in [3.63, 3.8) is 0 Å². The molecule has 2 heterocycles. The molecule has 1 aliphatic rings. The third-order valence-corrected chi connectivity index (χ3v) is 4.96. The number of aryl methyl sites for hydroxylation is 2. The van der Waals surface area contributed by atoms with Crippen LogP contribution in [-0.2, 0) is 0 Å². The Hall–Kier alpha value is -0.710. The van der Waals surface area contributed by atoms with Crippen LogP contribution in [0.4, 0.5) is 0 Å². The van der Waals surface area contributed by atoms with Gasteiger partial charge < -0.3 is 4.90 Å². The Morgan fingerprint density at radius 3 is 2.47 bits per heavy atom. The molecular formula is C15H24N2OS. The normalized spacial score (nSPS) is 18.2. The summed E-state index contributed by atoms with van der Waals surface area (Å²) in [6.07, 6.45) is 2.34. The predicted octanol–water partition coefficient (Wildman–Crippen LogP) is 2.57. The van der Waals surface area contributed by atoms with E-state index in [0.29, 0.717) is 12.6 Å². The van der Waals surface area contributed by atoms with Crippen LogP contribution < -0.4 is 0 Å². The van der Waals surface area contributed by atoms with Crippen molar-refractivity contribution in [3.05, 3.63) is 21.4 Å². The predicted molar refractivity (Wildman–Crippen MR) is 81.3 cm³/mol. The van der Waals surface area contributed by atoms with Crippen molar-refractivity contribution in [2.45, 2.75) is 32.7 Å². The van der Waals surface area contributed by atoms with Crippen molar-refractivity contribution in [1.29, 1.82) is 0 Å². The van der Waals surface area contributed by atoms with Crippen LogP contribution in [0, 0.1) is 13.8 Å². The second-order valence-corrected chi connectivity index (χ2v) is 7.18. The molecule has 0 saturated carbocycles. The number of Topliss-reactive ketones (excluding diaryl/α,β-unsaturated/α-hetero) is 1. The summed E-state index contributed by atoms with van der Waals surface area (Å²) in [4.78, 5) is 19.3. The first-order chi connectivity index (χ1) is 8.97. The van der Waals surface area contributed by atoms with Crippen molar-refractivity contribution in [3.8, 4) is 0 Å². The Morgan fingerprint density at radius 2 is 2.00 bits per heavy atom. The molecule has 1 fully saturated rings. The Balaban J connectivity index is 1.89. The highest BCUT2D eigenvalue weighted by Gasteiger charge is 2.23. The summed E-state index contributed by atoms with van der Waals surface area (Å²) in [5.41, 5.74) is 0.928. The van der Waals surface area contributed by atoms with Gasteiger partial charge in [-0.15, -0.1) is 11.3 Å². The number of likely N-dealkylation sites (tertiary alicyclic amines) is 1. The first kappa shape index (κ1) is 14.7. The number of rotatable bonds is 4. The molecule has 2 rings (SSSR count). The number of hydrogen-bond donors (Lipinski definition) is 0. The maximum absolute atomic E-state index is 12.3. The lowest BCUT2D eigenvalue weighted by Crippen LogP contribution is -2.43. The van der Waals surface area contributed by atoms with E-state index < -0.39 is 0 Å². The van der Waals surface area contributed by atoms with Gasteiger partial charge in [0.15, 0.2) is 5.78 Å². The van der Waals surface area contributed by atoms with Crippen molar-refractivity contribution in [2.24, 2.45) is 0 Å². The smallest absolute Gasteiger partial charge is 0.177 e. The molecule has 0 radical (unpaired) electrons. The highest BCUT2D eigenvalue weighted by Crippen LogP contribution is 2.22. The Bertz CT molecular complexity index is 445. The fourth-order valence-electron chi connectivity index (χ4n) is 2.79. The van der Waals surface area contributed by atoms with E-state index in [0.717, 1.165) is 23.5 Å². The summed E-state index contributed by atoms with van der Waals surface area (Å²) in [7, 11) is 4.28. The second-order valence-electron chi connectivity index (χ2n) is 5.72. The van der Waals surface area contributed by atoms with E-state index >= 15 is 0 Å². The Morgan fingerprint density at radius 1 is 1.37 bits per heavy atom. The number of nitrogens with zero attached hydrogens (tertiary/aromatic N) is 2. The summed E-state index contributed by atoms with van der Waals surface area (Å²) in [5.74, 6) is 0.283. The maximum Gasteiger partial charge on any atom is 0.177 e. The molecule has 0 atom stereocenters. The van der Waals surface area contributed by atoms with Crippen LogP contribution in [0.15, 0.2) is 6.07 Å². The fraction of sp³-hybridized carbons (Fsp3) is 0.667. The van der Waals surface area contributed by atoms with Gasteiger partial charge in [-0.1, -0.05) is 0 Å². The second kappa shape index (κ2) is 6.16. The van der Waals surface area contributed by atoms with Crippen LogP contribution in [0.2, 0.25) is 0 Å². The van der Waals surface area contributed by atoms with Crippen LogP contribution in [0.25, 0.3) is 0 Å². The van der Waals surface area contributed by atoms with Crippen molar-refractivity contribution in [1.82, 2.24) is 9.80 Å². The molecule has 19 heavy (non-hydrogen) atoms. The first-order valence-electron chi connectivity index (χ1n) is 6.96. The number of hydrogen-bond acceptors (Lipinski definition) is 4. The van der Waals surface area contributed by atoms with Gasteiger partial charge in [-0.2, -0.15) is 0 Å². The topological polar surface area (TPSA) is 23.6 Å². The van der Waals surface area contributed by atoms with Crippen LogP contribution in [0.5, 0.6) is 0 Å². The molecule has 1 aromatic heterocycles. The fourth-order valence-corrected chi connectivity index (χ4v) is 3.73. The molecule has 0 aromatic carbocycles. The number of carbonyl (C=O) groups excluding carboxylic acids is 1. The highest BCUT2D eigenvalue weighted by atomic mass is 32.1. The van der Waals surface area contributed by atoms with Crippen LogP contribution in [-0.4, -0.2) is 55.4 Å². The van der Waals surface area contributed by atoms with Gasteiger partial charge >= 0.3 is 0 Å². The molecular weight excluding hydrogens is 256 g/mol. The molecule has 0 N–H and O–H groups in total. The van der Waals surface area contributed by atoms with Gasteiger partial charge in [0.2, 0.25) is 0 Å². The zero-order valence-corrected chi connectivity index (χ0v) is 13.2. The summed E-state index contributed by atoms with van der Waals surface area (Å²) in [6.45, 7) is 6.77. The van der Waals surface area contributed by atoms with Crippen molar-refractivity contribution >= 4 is 17.1 Å². The molecule has 0 spiro atoms. The van der Waals surface area contributed by atoms with Gasteiger partial charge in [0.25, 0.3) is 0 Å². The lowest BCUT2D eigenvalue weighted by Gasteiger charge is -2.34. The quantitative estimate of drug-likeness (QED) is 0.792. The molecule has 0 aliphatic carbocycles.